The highest BCUT2D eigenvalue weighted by Gasteiger charge is 2.41. The van der Waals surface area contributed by atoms with Crippen molar-refractivity contribution in [1.82, 2.24) is 28.6 Å². The van der Waals surface area contributed by atoms with Crippen LogP contribution in [0.25, 0.3) is 22.4 Å². The van der Waals surface area contributed by atoms with Crippen molar-refractivity contribution in [3.05, 3.63) is 185 Å². The number of carbonyl (C=O) groups excluding carboxylic acids is 4. The minimum absolute atomic E-state index is 0.229. The standard InChI is InChI=1S/C25H19N3O3.C19H14BrN3O3/c1-15-9-8-14-20-26-22(21(25(31)27(15)20)17-10-4-3-5-11-17)16(2)28-23(29)18-12-6-7-13-19(18)24(28)30;1-10-6-5-9-14-21-16(15(20)19(26)22(10)14)11(2)23-17(24)12-7-3-4-8-13(12)18(23)25/h3-14,16H,1-2H3;3-9,11H,1-2H3. The summed E-state index contributed by atoms with van der Waals surface area (Å²) >= 11 is 3.31. The van der Waals surface area contributed by atoms with E-state index >= 15 is 0 Å². The molecule has 13 heteroatoms. The van der Waals surface area contributed by atoms with E-state index in [4.69, 9.17) is 4.98 Å². The highest BCUT2D eigenvalue weighted by molar-refractivity contribution is 9.10. The van der Waals surface area contributed by atoms with Crippen LogP contribution in [-0.2, 0) is 0 Å². The first-order chi connectivity index (χ1) is 27.4. The molecule has 7 aromatic rings. The molecule has 282 valence electrons. The fourth-order valence-electron chi connectivity index (χ4n) is 7.51. The van der Waals surface area contributed by atoms with Gasteiger partial charge in [-0.3, -0.25) is 47.4 Å². The van der Waals surface area contributed by atoms with E-state index in [0.29, 0.717) is 56.1 Å². The predicted molar refractivity (Wildman–Crippen MR) is 216 cm³/mol. The number of hydrogen-bond donors (Lipinski definition) is 0. The summed E-state index contributed by atoms with van der Waals surface area (Å²) in [6.07, 6.45) is 0. The molecule has 2 unspecified atom stereocenters. The van der Waals surface area contributed by atoms with Gasteiger partial charge >= 0.3 is 0 Å². The van der Waals surface area contributed by atoms with Crippen molar-refractivity contribution < 1.29 is 19.2 Å². The molecule has 0 aliphatic carbocycles. The third-order valence-electron chi connectivity index (χ3n) is 10.4. The Bertz CT molecular complexity index is 2910. The third-order valence-corrected chi connectivity index (χ3v) is 11.1. The second-order valence-electron chi connectivity index (χ2n) is 13.8. The van der Waals surface area contributed by atoms with Crippen LogP contribution in [0.15, 0.2) is 129 Å². The average molecular weight is 822 g/mol. The SMILES string of the molecule is Cc1cccc2nc(C(C)N3C(=O)c4ccccc4C3=O)c(-c3ccccc3)c(=O)n12.Cc1cccc2nc(C(C)N3C(=O)c4ccccc4C3=O)c(Br)c(=O)n12. The summed E-state index contributed by atoms with van der Waals surface area (Å²) in [6, 6.07) is 32.0. The van der Waals surface area contributed by atoms with Crippen LogP contribution in [0.2, 0.25) is 0 Å². The van der Waals surface area contributed by atoms with Crippen molar-refractivity contribution in [3.8, 4) is 11.1 Å². The first-order valence-electron chi connectivity index (χ1n) is 18.1. The maximum absolute atomic E-state index is 13.6. The maximum Gasteiger partial charge on any atom is 0.272 e. The number of aryl methyl sites for hydroxylation is 2. The van der Waals surface area contributed by atoms with E-state index in [0.717, 1.165) is 16.3 Å². The fraction of sp³-hybridized carbons (Fsp3) is 0.136. The molecule has 6 heterocycles. The number of amides is 4. The number of rotatable bonds is 5. The number of fused-ring (bicyclic) bond motifs is 4. The van der Waals surface area contributed by atoms with Crippen LogP contribution in [0.1, 0.15) is 90.1 Å². The Hall–Kier alpha value is -6.86. The van der Waals surface area contributed by atoms with Crippen molar-refractivity contribution >= 4 is 50.9 Å². The molecule has 0 fully saturated rings. The predicted octanol–water partition coefficient (Wildman–Crippen LogP) is 7.15. The molecule has 3 aromatic carbocycles. The lowest BCUT2D eigenvalue weighted by molar-refractivity contribution is 0.0576. The number of halogens is 1. The van der Waals surface area contributed by atoms with Crippen LogP contribution in [0.4, 0.5) is 0 Å². The summed E-state index contributed by atoms with van der Waals surface area (Å²) in [5.41, 5.74) is 5.26. The molecule has 0 saturated heterocycles. The molecule has 4 aromatic heterocycles. The quantitative estimate of drug-likeness (QED) is 0.167. The topological polar surface area (TPSA) is 143 Å². The summed E-state index contributed by atoms with van der Waals surface area (Å²) in [6.45, 7) is 7.09. The maximum atomic E-state index is 13.6. The summed E-state index contributed by atoms with van der Waals surface area (Å²) in [5.74, 6) is -1.51. The van der Waals surface area contributed by atoms with E-state index in [1.54, 1.807) is 78.9 Å². The van der Waals surface area contributed by atoms with Gasteiger partial charge in [0.1, 0.15) is 15.8 Å². The van der Waals surface area contributed by atoms with Gasteiger partial charge in [0, 0.05) is 11.4 Å². The van der Waals surface area contributed by atoms with E-state index in [-0.39, 0.29) is 39.2 Å². The van der Waals surface area contributed by atoms with E-state index in [2.05, 4.69) is 20.9 Å². The van der Waals surface area contributed by atoms with Crippen LogP contribution in [0, 0.1) is 13.8 Å². The smallest absolute Gasteiger partial charge is 0.269 e. The van der Waals surface area contributed by atoms with Gasteiger partial charge in [0.25, 0.3) is 34.7 Å². The first-order valence-corrected chi connectivity index (χ1v) is 18.9. The lowest BCUT2D eigenvalue weighted by Gasteiger charge is -2.24. The van der Waals surface area contributed by atoms with Gasteiger partial charge in [-0.25, -0.2) is 9.97 Å². The van der Waals surface area contributed by atoms with Crippen LogP contribution < -0.4 is 11.1 Å². The Morgan fingerprint density at radius 3 is 1.32 bits per heavy atom. The molecule has 9 rings (SSSR count). The van der Waals surface area contributed by atoms with E-state index in [9.17, 15) is 28.8 Å². The molecule has 0 N–H and O–H groups in total. The zero-order valence-corrected chi connectivity index (χ0v) is 32.7. The molecule has 0 saturated carbocycles. The van der Waals surface area contributed by atoms with Crippen LogP contribution in [-0.4, -0.2) is 52.2 Å². The highest BCUT2D eigenvalue weighted by Crippen LogP contribution is 2.35. The van der Waals surface area contributed by atoms with Gasteiger partial charge in [-0.05, 0) is 97.7 Å². The molecule has 0 bridgehead atoms. The fourth-order valence-corrected chi connectivity index (χ4v) is 8.11. The third kappa shape index (κ3) is 5.98. The molecule has 57 heavy (non-hydrogen) atoms. The lowest BCUT2D eigenvalue weighted by atomic mass is 10.0. The number of aromatic nitrogens is 4. The van der Waals surface area contributed by atoms with Gasteiger partial charge in [-0.1, -0.05) is 66.7 Å². The number of imide groups is 2. The minimum atomic E-state index is -0.721. The number of carbonyl (C=O) groups is 4. The van der Waals surface area contributed by atoms with Crippen molar-refractivity contribution in [2.75, 3.05) is 0 Å². The normalized spacial score (nSPS) is 14.5. The Morgan fingerprint density at radius 1 is 0.474 bits per heavy atom. The van der Waals surface area contributed by atoms with Crippen LogP contribution in [0.3, 0.4) is 0 Å². The molecule has 2 aliphatic heterocycles. The molecule has 2 aliphatic rings. The van der Waals surface area contributed by atoms with Gasteiger partial charge in [0.05, 0.1) is 51.3 Å². The average Bonchev–Trinajstić information content (AvgIpc) is 3.62. The molecule has 2 atom stereocenters. The monoisotopic (exact) mass is 820 g/mol. The summed E-state index contributed by atoms with van der Waals surface area (Å²) < 4.78 is 3.29. The summed E-state index contributed by atoms with van der Waals surface area (Å²) in [7, 11) is 0. The largest absolute Gasteiger partial charge is 0.272 e. The second kappa shape index (κ2) is 14.3. The van der Waals surface area contributed by atoms with Gasteiger partial charge < -0.3 is 0 Å². The van der Waals surface area contributed by atoms with Crippen molar-refractivity contribution in [3.63, 3.8) is 0 Å². The molecular formula is C44H33BrN6O6. The number of nitrogens with zero attached hydrogens (tertiary/aromatic N) is 6. The number of hydrogen-bond acceptors (Lipinski definition) is 8. The number of pyridine rings is 2. The molecule has 0 radical (unpaired) electrons. The van der Waals surface area contributed by atoms with Crippen LogP contribution in [0.5, 0.6) is 0 Å². The Morgan fingerprint density at radius 2 is 0.860 bits per heavy atom. The molecular weight excluding hydrogens is 788 g/mol. The van der Waals surface area contributed by atoms with Gasteiger partial charge in [-0.2, -0.15) is 0 Å². The Balaban J connectivity index is 0.000000162. The summed E-state index contributed by atoms with van der Waals surface area (Å²) in [5, 5.41) is 0. The zero-order valence-electron chi connectivity index (χ0n) is 31.1. The first kappa shape index (κ1) is 37.1. The van der Waals surface area contributed by atoms with Gasteiger partial charge in [-0.15, -0.1) is 0 Å². The van der Waals surface area contributed by atoms with E-state index < -0.39 is 12.1 Å². The van der Waals surface area contributed by atoms with Gasteiger partial charge in [0.2, 0.25) is 0 Å². The van der Waals surface area contributed by atoms with Crippen molar-refractivity contribution in [2.24, 2.45) is 0 Å². The minimum Gasteiger partial charge on any atom is -0.269 e. The summed E-state index contributed by atoms with van der Waals surface area (Å²) in [4.78, 5) is 89.6. The Labute approximate surface area is 333 Å². The molecule has 4 amide bonds. The highest BCUT2D eigenvalue weighted by atomic mass is 79.9. The van der Waals surface area contributed by atoms with Crippen molar-refractivity contribution in [1.29, 1.82) is 0 Å². The second-order valence-corrected chi connectivity index (χ2v) is 14.6. The van der Waals surface area contributed by atoms with E-state index in [1.807, 2.05) is 68.4 Å². The molecule has 0 spiro atoms. The molecule has 12 nitrogen and oxygen atoms in total. The zero-order chi connectivity index (χ0) is 40.3. The van der Waals surface area contributed by atoms with Crippen molar-refractivity contribution in [2.45, 2.75) is 39.8 Å². The van der Waals surface area contributed by atoms with Crippen LogP contribution >= 0.6 is 15.9 Å². The van der Waals surface area contributed by atoms with E-state index in [1.165, 1.54) is 9.30 Å². The van der Waals surface area contributed by atoms with Gasteiger partial charge in [0.15, 0.2) is 0 Å². The Kier molecular flexibility index (Phi) is 9.32. The number of benzene rings is 3. The lowest BCUT2D eigenvalue weighted by Crippen LogP contribution is -2.35.